The van der Waals surface area contributed by atoms with Crippen LogP contribution in [0.2, 0.25) is 0 Å². The lowest BCUT2D eigenvalue weighted by Crippen LogP contribution is -2.23. The van der Waals surface area contributed by atoms with E-state index in [0.29, 0.717) is 5.65 Å². The topological polar surface area (TPSA) is 52.7 Å². The average molecular weight is 246 g/mol. The number of fused-ring (bicyclic) bond motifs is 1. The zero-order valence-corrected chi connectivity index (χ0v) is 8.90. The van der Waals surface area contributed by atoms with Gasteiger partial charge in [0.15, 0.2) is 5.65 Å². The predicted octanol–water partition coefficient (Wildman–Crippen LogP) is 1.08. The van der Waals surface area contributed by atoms with E-state index in [9.17, 15) is 18.0 Å². The van der Waals surface area contributed by atoms with Crippen LogP contribution in [0.25, 0.3) is 11.0 Å². The zero-order valence-electron chi connectivity index (χ0n) is 8.90. The van der Waals surface area contributed by atoms with Gasteiger partial charge in [-0.3, -0.25) is 14.0 Å². The molecule has 0 unspecified atom stereocenters. The summed E-state index contributed by atoms with van der Waals surface area (Å²) < 4.78 is 38.5. The Kier molecular flexibility index (Phi) is 2.64. The summed E-state index contributed by atoms with van der Waals surface area (Å²) in [5.74, 6) is 0. The van der Waals surface area contributed by atoms with Crippen LogP contribution in [-0.4, -0.2) is 25.5 Å². The lowest BCUT2D eigenvalue weighted by atomic mass is 10.4. The fraction of sp³-hybridized carbons (Fsp3) is 0.444. The molecule has 0 aliphatic rings. The van der Waals surface area contributed by atoms with Gasteiger partial charge in [-0.1, -0.05) is 0 Å². The maximum absolute atomic E-state index is 12.0. The van der Waals surface area contributed by atoms with Crippen LogP contribution < -0.4 is 5.56 Å². The Morgan fingerprint density at radius 3 is 2.76 bits per heavy atom. The van der Waals surface area contributed by atoms with Gasteiger partial charge in [0.05, 0.1) is 18.9 Å². The van der Waals surface area contributed by atoms with Crippen molar-refractivity contribution in [3.63, 3.8) is 0 Å². The monoisotopic (exact) mass is 246 g/mol. The van der Waals surface area contributed by atoms with Gasteiger partial charge in [-0.05, 0) is 0 Å². The number of hydrogen-bond donors (Lipinski definition) is 0. The molecular weight excluding hydrogens is 237 g/mol. The summed E-state index contributed by atoms with van der Waals surface area (Å²) >= 11 is 0. The van der Waals surface area contributed by atoms with Crippen LogP contribution in [0.5, 0.6) is 0 Å². The lowest BCUT2D eigenvalue weighted by Gasteiger charge is -2.07. The summed E-state index contributed by atoms with van der Waals surface area (Å²) in [7, 11) is 1.61. The Morgan fingerprint density at radius 1 is 1.41 bits per heavy atom. The molecular formula is C9H9F3N4O. The Hall–Kier alpha value is -1.86. The molecule has 17 heavy (non-hydrogen) atoms. The maximum atomic E-state index is 12.0. The number of aryl methyl sites for hydroxylation is 2. The van der Waals surface area contributed by atoms with E-state index in [-0.39, 0.29) is 5.39 Å². The van der Waals surface area contributed by atoms with Crippen molar-refractivity contribution in [1.82, 2.24) is 19.3 Å². The first-order chi connectivity index (χ1) is 7.88. The molecule has 92 valence electrons. The third-order valence-electron chi connectivity index (χ3n) is 2.35. The molecule has 2 aromatic rings. The van der Waals surface area contributed by atoms with Crippen molar-refractivity contribution >= 4 is 11.0 Å². The van der Waals surface area contributed by atoms with Crippen LogP contribution in [0.3, 0.4) is 0 Å². The molecule has 5 nitrogen and oxygen atoms in total. The van der Waals surface area contributed by atoms with Gasteiger partial charge in [0.1, 0.15) is 5.39 Å². The second-order valence-electron chi connectivity index (χ2n) is 3.61. The number of hydrogen-bond acceptors (Lipinski definition) is 3. The molecule has 0 N–H and O–H groups in total. The molecule has 0 amide bonds. The number of nitrogens with zero attached hydrogens (tertiary/aromatic N) is 4. The quantitative estimate of drug-likeness (QED) is 0.796. The molecule has 0 spiro atoms. The second kappa shape index (κ2) is 3.86. The van der Waals surface area contributed by atoms with Crippen molar-refractivity contribution in [1.29, 1.82) is 0 Å². The molecule has 0 fully saturated rings. The number of aromatic nitrogens is 4. The van der Waals surface area contributed by atoms with Crippen LogP contribution in [0, 0.1) is 0 Å². The van der Waals surface area contributed by atoms with Crippen LogP contribution in [0.15, 0.2) is 17.3 Å². The van der Waals surface area contributed by atoms with Crippen molar-refractivity contribution in [2.45, 2.75) is 19.1 Å². The van der Waals surface area contributed by atoms with Crippen molar-refractivity contribution in [2.75, 3.05) is 0 Å². The first kappa shape index (κ1) is 11.6. The third kappa shape index (κ3) is 2.29. The highest BCUT2D eigenvalue weighted by Gasteiger charge is 2.27. The van der Waals surface area contributed by atoms with Gasteiger partial charge in [-0.2, -0.15) is 18.3 Å². The van der Waals surface area contributed by atoms with E-state index in [1.807, 2.05) is 0 Å². The summed E-state index contributed by atoms with van der Waals surface area (Å²) in [6.45, 7) is -0.430. The minimum Gasteiger partial charge on any atom is -0.298 e. The van der Waals surface area contributed by atoms with Gasteiger partial charge in [0.25, 0.3) is 5.56 Å². The van der Waals surface area contributed by atoms with Gasteiger partial charge in [0.2, 0.25) is 0 Å². The molecule has 2 heterocycles. The van der Waals surface area contributed by atoms with E-state index >= 15 is 0 Å². The largest absolute Gasteiger partial charge is 0.390 e. The van der Waals surface area contributed by atoms with E-state index in [0.717, 1.165) is 10.9 Å². The van der Waals surface area contributed by atoms with Crippen molar-refractivity contribution in [3.8, 4) is 0 Å². The van der Waals surface area contributed by atoms with E-state index < -0.39 is 24.7 Å². The first-order valence-electron chi connectivity index (χ1n) is 4.82. The van der Waals surface area contributed by atoms with Crippen LogP contribution in [0.4, 0.5) is 13.2 Å². The Balaban J connectivity index is 2.37. The Morgan fingerprint density at radius 2 is 2.12 bits per heavy atom. The summed E-state index contributed by atoms with van der Waals surface area (Å²) in [6.07, 6.45) is -2.93. The molecule has 0 radical (unpaired) electrons. The van der Waals surface area contributed by atoms with Gasteiger partial charge in [-0.15, -0.1) is 0 Å². The minimum atomic E-state index is -4.29. The van der Waals surface area contributed by atoms with Crippen molar-refractivity contribution in [2.24, 2.45) is 7.05 Å². The van der Waals surface area contributed by atoms with Gasteiger partial charge >= 0.3 is 6.18 Å². The minimum absolute atomic E-state index is 0.220. The van der Waals surface area contributed by atoms with E-state index in [1.165, 1.54) is 10.9 Å². The predicted molar refractivity (Wildman–Crippen MR) is 53.4 cm³/mol. The summed E-state index contributed by atoms with van der Waals surface area (Å²) in [4.78, 5) is 15.7. The molecule has 0 saturated carbocycles. The van der Waals surface area contributed by atoms with Crippen LogP contribution in [-0.2, 0) is 13.6 Å². The third-order valence-corrected chi connectivity index (χ3v) is 2.35. The SMILES string of the molecule is Cn1ncc2c(=O)n(CCC(F)(F)F)cnc21. The Labute approximate surface area is 93.5 Å². The van der Waals surface area contributed by atoms with Gasteiger partial charge < -0.3 is 0 Å². The first-order valence-corrected chi connectivity index (χ1v) is 4.82. The van der Waals surface area contributed by atoms with Crippen molar-refractivity contribution < 1.29 is 13.2 Å². The molecule has 0 atom stereocenters. The smallest absolute Gasteiger partial charge is 0.298 e. The maximum Gasteiger partial charge on any atom is 0.390 e. The molecule has 2 rings (SSSR count). The summed E-state index contributed by atoms with van der Waals surface area (Å²) in [5, 5.41) is 4.04. The Bertz CT molecular complexity index is 598. The molecule has 0 aliphatic carbocycles. The number of halogens is 3. The lowest BCUT2D eigenvalue weighted by molar-refractivity contribution is -0.136. The highest BCUT2D eigenvalue weighted by Crippen LogP contribution is 2.19. The highest BCUT2D eigenvalue weighted by atomic mass is 19.4. The zero-order chi connectivity index (χ0) is 12.6. The van der Waals surface area contributed by atoms with Gasteiger partial charge in [0, 0.05) is 13.6 Å². The van der Waals surface area contributed by atoms with Crippen LogP contribution in [0.1, 0.15) is 6.42 Å². The molecule has 2 aromatic heterocycles. The molecule has 0 bridgehead atoms. The fourth-order valence-electron chi connectivity index (χ4n) is 1.47. The molecule has 0 saturated heterocycles. The normalized spacial score (nSPS) is 12.2. The van der Waals surface area contributed by atoms with Crippen molar-refractivity contribution in [3.05, 3.63) is 22.9 Å². The van der Waals surface area contributed by atoms with Gasteiger partial charge in [-0.25, -0.2) is 4.98 Å². The van der Waals surface area contributed by atoms with Crippen LogP contribution >= 0.6 is 0 Å². The second-order valence-corrected chi connectivity index (χ2v) is 3.61. The van der Waals surface area contributed by atoms with E-state index in [2.05, 4.69) is 10.1 Å². The molecule has 8 heteroatoms. The van der Waals surface area contributed by atoms with E-state index in [1.54, 1.807) is 7.05 Å². The fourth-order valence-corrected chi connectivity index (χ4v) is 1.47. The standard InChI is InChI=1S/C9H9F3N4O/c1-15-7-6(4-14-15)8(17)16(5-13-7)3-2-9(10,11)12/h4-5H,2-3H2,1H3. The number of rotatable bonds is 2. The summed E-state index contributed by atoms with van der Waals surface area (Å²) in [6, 6.07) is 0. The molecule has 0 aliphatic heterocycles. The molecule has 0 aromatic carbocycles. The summed E-state index contributed by atoms with van der Waals surface area (Å²) in [5.41, 5.74) is -0.148. The van der Waals surface area contributed by atoms with E-state index in [4.69, 9.17) is 0 Å². The average Bonchev–Trinajstić information content (AvgIpc) is 2.59. The highest BCUT2D eigenvalue weighted by molar-refractivity contribution is 5.72. The number of alkyl halides is 3.